The maximum atomic E-state index is 13.9. The Morgan fingerprint density at radius 1 is 1.21 bits per heavy atom. The number of nitrogens with zero attached hydrogens (tertiary/aromatic N) is 3. The van der Waals surface area contributed by atoms with Gasteiger partial charge in [0.05, 0.1) is 5.92 Å². The minimum absolute atomic E-state index is 0.0409. The number of hydrogen-bond donors (Lipinski definition) is 0. The minimum atomic E-state index is -0.347. The average molecular weight is 402 g/mol. The van der Waals surface area contributed by atoms with Gasteiger partial charge >= 0.3 is 0 Å². The minimum Gasteiger partial charge on any atom is -0.340 e. The van der Waals surface area contributed by atoms with Crippen LogP contribution < -0.4 is 4.90 Å². The SMILES string of the molecule is Cc1ccc(N2C[C@@H](C(=O)N3CCN(Cc4cccs4)CC3)CC2=O)cc1F. The number of carbonyl (C=O) groups excluding carboxylic acids is 2. The summed E-state index contributed by atoms with van der Waals surface area (Å²) in [7, 11) is 0. The van der Waals surface area contributed by atoms with Gasteiger partial charge in [-0.2, -0.15) is 0 Å². The van der Waals surface area contributed by atoms with E-state index in [9.17, 15) is 14.0 Å². The van der Waals surface area contributed by atoms with Crippen molar-refractivity contribution in [2.45, 2.75) is 19.9 Å². The van der Waals surface area contributed by atoms with Crippen molar-refractivity contribution in [1.82, 2.24) is 9.80 Å². The second-order valence-electron chi connectivity index (χ2n) is 7.52. The number of benzene rings is 1. The molecule has 0 radical (unpaired) electrons. The van der Waals surface area contributed by atoms with E-state index in [2.05, 4.69) is 22.4 Å². The molecule has 0 unspecified atom stereocenters. The number of halogens is 1. The normalized spacial score (nSPS) is 20.8. The molecule has 148 valence electrons. The van der Waals surface area contributed by atoms with Gasteiger partial charge < -0.3 is 9.80 Å². The molecule has 4 rings (SSSR count). The van der Waals surface area contributed by atoms with Crippen LogP contribution in [0.2, 0.25) is 0 Å². The Morgan fingerprint density at radius 2 is 2.00 bits per heavy atom. The van der Waals surface area contributed by atoms with E-state index in [1.54, 1.807) is 30.4 Å². The maximum Gasteiger partial charge on any atom is 0.228 e. The molecular formula is C21H24FN3O2S. The van der Waals surface area contributed by atoms with Crippen LogP contribution in [-0.2, 0) is 16.1 Å². The summed E-state index contributed by atoms with van der Waals surface area (Å²) in [6.45, 7) is 6.01. The largest absolute Gasteiger partial charge is 0.340 e. The number of thiophene rings is 1. The number of rotatable bonds is 4. The molecule has 1 atom stereocenters. The van der Waals surface area contributed by atoms with Gasteiger partial charge in [0, 0.05) is 56.3 Å². The Labute approximate surface area is 168 Å². The molecule has 7 heteroatoms. The van der Waals surface area contributed by atoms with Gasteiger partial charge in [-0.1, -0.05) is 12.1 Å². The predicted molar refractivity (Wildman–Crippen MR) is 108 cm³/mol. The van der Waals surface area contributed by atoms with Crippen molar-refractivity contribution >= 4 is 28.8 Å². The predicted octanol–water partition coefficient (Wildman–Crippen LogP) is 2.89. The van der Waals surface area contributed by atoms with Gasteiger partial charge in [-0.25, -0.2) is 4.39 Å². The lowest BCUT2D eigenvalue weighted by Gasteiger charge is -2.35. The molecule has 1 aromatic heterocycles. The molecule has 2 saturated heterocycles. The second kappa shape index (κ2) is 8.01. The van der Waals surface area contributed by atoms with Crippen molar-refractivity contribution in [2.75, 3.05) is 37.6 Å². The first-order valence-corrected chi connectivity index (χ1v) is 10.5. The highest BCUT2D eigenvalue weighted by Gasteiger charge is 2.38. The van der Waals surface area contributed by atoms with Crippen molar-refractivity contribution in [3.63, 3.8) is 0 Å². The van der Waals surface area contributed by atoms with Crippen molar-refractivity contribution < 1.29 is 14.0 Å². The monoisotopic (exact) mass is 401 g/mol. The van der Waals surface area contributed by atoms with Crippen LogP contribution in [0.4, 0.5) is 10.1 Å². The van der Waals surface area contributed by atoms with E-state index in [4.69, 9.17) is 0 Å². The molecule has 0 saturated carbocycles. The Balaban J connectivity index is 1.34. The molecule has 5 nitrogen and oxygen atoms in total. The van der Waals surface area contributed by atoms with Gasteiger partial charge in [0.1, 0.15) is 5.82 Å². The van der Waals surface area contributed by atoms with Crippen LogP contribution in [0.3, 0.4) is 0 Å². The third-order valence-electron chi connectivity index (χ3n) is 5.58. The number of amides is 2. The lowest BCUT2D eigenvalue weighted by Crippen LogP contribution is -2.50. The summed E-state index contributed by atoms with van der Waals surface area (Å²) in [5.41, 5.74) is 1.08. The fourth-order valence-corrected chi connectivity index (χ4v) is 4.63. The van der Waals surface area contributed by atoms with Crippen molar-refractivity contribution in [3.05, 3.63) is 52.0 Å². The van der Waals surface area contributed by atoms with E-state index >= 15 is 0 Å². The third kappa shape index (κ3) is 3.95. The zero-order valence-electron chi connectivity index (χ0n) is 15.9. The third-order valence-corrected chi connectivity index (χ3v) is 6.45. The Hall–Kier alpha value is -2.25. The van der Waals surface area contributed by atoms with Crippen LogP contribution in [0.25, 0.3) is 0 Å². The fourth-order valence-electron chi connectivity index (χ4n) is 3.88. The summed E-state index contributed by atoms with van der Waals surface area (Å²) in [6, 6.07) is 8.98. The van der Waals surface area contributed by atoms with Crippen LogP contribution in [-0.4, -0.2) is 54.3 Å². The van der Waals surface area contributed by atoms with Gasteiger partial charge in [-0.05, 0) is 36.1 Å². The van der Waals surface area contributed by atoms with Crippen molar-refractivity contribution in [3.8, 4) is 0 Å². The van der Waals surface area contributed by atoms with Crippen LogP contribution >= 0.6 is 11.3 Å². The standard InChI is InChI=1S/C21H24FN3O2S/c1-15-4-5-17(12-19(15)22)25-13-16(11-20(25)26)21(27)24-8-6-23(7-9-24)14-18-3-2-10-28-18/h2-5,10,12,16H,6-9,11,13-14H2,1H3/t16-/m0/s1. The van der Waals surface area contributed by atoms with Gasteiger partial charge in [-0.3, -0.25) is 14.5 Å². The first-order valence-electron chi connectivity index (χ1n) is 9.61. The quantitative estimate of drug-likeness (QED) is 0.791. The highest BCUT2D eigenvalue weighted by Crippen LogP contribution is 2.28. The van der Waals surface area contributed by atoms with Crippen LogP contribution in [0.5, 0.6) is 0 Å². The average Bonchev–Trinajstić information content (AvgIpc) is 3.34. The van der Waals surface area contributed by atoms with Crippen LogP contribution in [0.1, 0.15) is 16.9 Å². The number of hydrogen-bond acceptors (Lipinski definition) is 4. The van der Waals surface area contributed by atoms with Gasteiger partial charge in [0.15, 0.2) is 0 Å². The van der Waals surface area contributed by atoms with E-state index in [0.717, 1.165) is 19.6 Å². The van der Waals surface area contributed by atoms with E-state index in [1.807, 2.05) is 4.90 Å². The smallest absolute Gasteiger partial charge is 0.228 e. The fraction of sp³-hybridized carbons (Fsp3) is 0.429. The summed E-state index contributed by atoms with van der Waals surface area (Å²) in [4.78, 5) is 32.5. The highest BCUT2D eigenvalue weighted by atomic mass is 32.1. The second-order valence-corrected chi connectivity index (χ2v) is 8.55. The number of aryl methyl sites for hydroxylation is 1. The summed E-state index contributed by atoms with van der Waals surface area (Å²) in [5.74, 6) is -0.750. The molecule has 0 spiro atoms. The molecule has 0 bridgehead atoms. The molecule has 2 aromatic rings. The summed E-state index contributed by atoms with van der Waals surface area (Å²) in [5, 5.41) is 2.08. The van der Waals surface area contributed by atoms with E-state index in [-0.39, 0.29) is 30.0 Å². The van der Waals surface area contributed by atoms with Gasteiger partial charge in [0.25, 0.3) is 0 Å². The molecule has 2 aliphatic heterocycles. The van der Waals surface area contributed by atoms with Crippen molar-refractivity contribution in [1.29, 1.82) is 0 Å². The molecule has 2 aliphatic rings. The van der Waals surface area contributed by atoms with Crippen LogP contribution in [0, 0.1) is 18.7 Å². The van der Waals surface area contributed by atoms with E-state index in [0.29, 0.717) is 30.9 Å². The number of anilines is 1. The van der Waals surface area contributed by atoms with Crippen molar-refractivity contribution in [2.24, 2.45) is 5.92 Å². The molecule has 2 fully saturated rings. The Bertz CT molecular complexity index is 863. The summed E-state index contributed by atoms with van der Waals surface area (Å²) in [6.07, 6.45) is 0.198. The zero-order valence-corrected chi connectivity index (χ0v) is 16.8. The van der Waals surface area contributed by atoms with Gasteiger partial charge in [-0.15, -0.1) is 11.3 Å². The maximum absolute atomic E-state index is 13.9. The first-order chi connectivity index (χ1) is 13.5. The summed E-state index contributed by atoms with van der Waals surface area (Å²) < 4.78 is 13.9. The lowest BCUT2D eigenvalue weighted by molar-refractivity contribution is -0.137. The van der Waals surface area contributed by atoms with Gasteiger partial charge in [0.2, 0.25) is 11.8 Å². The molecule has 1 aromatic carbocycles. The highest BCUT2D eigenvalue weighted by molar-refractivity contribution is 7.09. The first kappa shape index (κ1) is 19.1. The molecule has 0 N–H and O–H groups in total. The molecule has 28 heavy (non-hydrogen) atoms. The molecule has 2 amide bonds. The Kier molecular flexibility index (Phi) is 5.46. The number of piperazine rings is 1. The number of carbonyl (C=O) groups is 2. The van der Waals surface area contributed by atoms with Crippen LogP contribution in [0.15, 0.2) is 35.7 Å². The lowest BCUT2D eigenvalue weighted by atomic mass is 10.1. The van der Waals surface area contributed by atoms with E-state index in [1.165, 1.54) is 15.8 Å². The summed E-state index contributed by atoms with van der Waals surface area (Å²) >= 11 is 1.75. The van der Waals surface area contributed by atoms with E-state index < -0.39 is 0 Å². The molecule has 3 heterocycles. The molecule has 0 aliphatic carbocycles. The topological polar surface area (TPSA) is 43.9 Å². The Morgan fingerprint density at radius 3 is 2.68 bits per heavy atom. The molecular weight excluding hydrogens is 377 g/mol. The zero-order chi connectivity index (χ0) is 19.7.